The van der Waals surface area contributed by atoms with Crippen LogP contribution >= 0.6 is 7.37 Å². The molecule has 0 aliphatic heterocycles. The van der Waals surface area contributed by atoms with Crippen molar-refractivity contribution < 1.29 is 13.9 Å². The first-order valence-corrected chi connectivity index (χ1v) is 8.24. The monoisotopic (exact) mass is 288 g/mol. The third-order valence-corrected chi connectivity index (χ3v) is 5.36. The first-order valence-electron chi connectivity index (χ1n) is 6.43. The van der Waals surface area contributed by atoms with Crippen LogP contribution in [0.4, 0.5) is 0 Å². The van der Waals surface area contributed by atoms with Gasteiger partial charge in [-0.05, 0) is 24.6 Å². The molecular weight excluding hydrogens is 271 g/mol. The Morgan fingerprint density at radius 1 is 1.00 bits per heavy atom. The van der Waals surface area contributed by atoms with Crippen LogP contribution in [-0.2, 0) is 20.5 Å². The van der Waals surface area contributed by atoms with Gasteiger partial charge in [0.25, 0.3) is 0 Å². The fourth-order valence-corrected chi connectivity index (χ4v) is 3.91. The molecule has 2 aromatic carbocycles. The van der Waals surface area contributed by atoms with Crippen molar-refractivity contribution in [1.29, 1.82) is 0 Å². The lowest BCUT2D eigenvalue weighted by atomic mass is 10.2. The van der Waals surface area contributed by atoms with Crippen molar-refractivity contribution in [2.45, 2.75) is 13.5 Å². The van der Waals surface area contributed by atoms with Gasteiger partial charge in [0.1, 0.15) is 5.78 Å². The topological polar surface area (TPSA) is 43.4 Å². The maximum Gasteiger partial charge on any atom is 0.239 e. The molecule has 0 fully saturated rings. The Balaban J connectivity index is 2.20. The molecule has 0 saturated heterocycles. The number of carbonyl (C=O) groups excluding carboxylic acids is 1. The van der Waals surface area contributed by atoms with Crippen molar-refractivity contribution in [3.63, 3.8) is 0 Å². The number of carbonyl (C=O) groups is 1. The van der Waals surface area contributed by atoms with Crippen molar-refractivity contribution in [2.24, 2.45) is 0 Å². The van der Waals surface area contributed by atoms with Gasteiger partial charge >= 0.3 is 0 Å². The molecule has 3 nitrogen and oxygen atoms in total. The second-order valence-electron chi connectivity index (χ2n) is 4.63. The van der Waals surface area contributed by atoms with Gasteiger partial charge in [-0.15, -0.1) is 0 Å². The molecular formula is C16H17O3P. The number of Topliss-reactive ketones (excluding diaryl/α,β-unsaturated/α-hetero) is 1. The first-order chi connectivity index (χ1) is 9.60. The predicted octanol–water partition coefficient (Wildman–Crippen LogP) is 3.40. The summed E-state index contributed by atoms with van der Waals surface area (Å²) in [5.74, 6) is -0.134. The molecule has 0 aliphatic rings. The number of ketones is 1. The van der Waals surface area contributed by atoms with Gasteiger partial charge in [0, 0.05) is 5.30 Å². The molecule has 0 bridgehead atoms. The van der Waals surface area contributed by atoms with E-state index >= 15 is 0 Å². The standard InChI is InChI=1S/C16H17O3P/c1-14(17)13-20(18,16-10-6-3-7-11-16)19-12-15-8-4-2-5-9-15/h2-11H,12-13H2,1H3. The minimum Gasteiger partial charge on any atom is -0.320 e. The molecule has 0 heterocycles. The number of hydrogen-bond acceptors (Lipinski definition) is 3. The van der Waals surface area contributed by atoms with E-state index in [-0.39, 0.29) is 18.6 Å². The average molecular weight is 288 g/mol. The lowest BCUT2D eigenvalue weighted by molar-refractivity contribution is -0.114. The summed E-state index contributed by atoms with van der Waals surface area (Å²) in [6.07, 6.45) is -0.0656. The van der Waals surface area contributed by atoms with Gasteiger partial charge in [-0.1, -0.05) is 48.5 Å². The molecule has 2 aromatic rings. The highest BCUT2D eigenvalue weighted by atomic mass is 31.2. The van der Waals surface area contributed by atoms with E-state index in [0.717, 1.165) is 5.56 Å². The summed E-state index contributed by atoms with van der Waals surface area (Å²) in [5, 5.41) is 0.589. The number of hydrogen-bond donors (Lipinski definition) is 0. The van der Waals surface area contributed by atoms with E-state index < -0.39 is 7.37 Å². The predicted molar refractivity (Wildman–Crippen MR) is 80.5 cm³/mol. The zero-order chi connectivity index (χ0) is 14.4. The zero-order valence-electron chi connectivity index (χ0n) is 11.4. The summed E-state index contributed by atoms with van der Waals surface area (Å²) in [6, 6.07) is 18.5. The molecule has 0 amide bonds. The molecule has 0 aliphatic carbocycles. The van der Waals surface area contributed by atoms with Crippen LogP contribution in [0.25, 0.3) is 0 Å². The van der Waals surface area contributed by atoms with Crippen LogP contribution in [0.15, 0.2) is 60.7 Å². The second-order valence-corrected chi connectivity index (χ2v) is 7.07. The SMILES string of the molecule is CC(=O)CP(=O)(OCc1ccccc1)c1ccccc1. The second kappa shape index (κ2) is 6.65. The van der Waals surface area contributed by atoms with Gasteiger partial charge in [-0.25, -0.2) is 0 Å². The van der Waals surface area contributed by atoms with E-state index in [1.54, 1.807) is 24.3 Å². The lowest BCUT2D eigenvalue weighted by Gasteiger charge is -2.18. The van der Waals surface area contributed by atoms with Crippen LogP contribution in [0.1, 0.15) is 12.5 Å². The Morgan fingerprint density at radius 2 is 1.55 bits per heavy atom. The van der Waals surface area contributed by atoms with Crippen LogP contribution in [0.3, 0.4) is 0 Å². The van der Waals surface area contributed by atoms with Crippen LogP contribution in [0, 0.1) is 0 Å². The summed E-state index contributed by atoms with van der Waals surface area (Å²) >= 11 is 0. The minimum atomic E-state index is -3.14. The van der Waals surface area contributed by atoms with E-state index in [1.165, 1.54) is 6.92 Å². The zero-order valence-corrected chi connectivity index (χ0v) is 12.3. The van der Waals surface area contributed by atoms with E-state index in [1.807, 2.05) is 36.4 Å². The van der Waals surface area contributed by atoms with E-state index in [4.69, 9.17) is 4.52 Å². The normalized spacial score (nSPS) is 13.7. The number of benzene rings is 2. The molecule has 0 N–H and O–H groups in total. The van der Waals surface area contributed by atoms with Crippen molar-refractivity contribution >= 4 is 18.5 Å². The maximum atomic E-state index is 13.0. The summed E-state index contributed by atoms with van der Waals surface area (Å²) in [7, 11) is -3.14. The molecule has 0 aromatic heterocycles. The summed E-state index contributed by atoms with van der Waals surface area (Å²) in [4.78, 5) is 11.4. The molecule has 20 heavy (non-hydrogen) atoms. The van der Waals surface area contributed by atoms with Crippen molar-refractivity contribution in [3.8, 4) is 0 Å². The molecule has 104 valence electrons. The van der Waals surface area contributed by atoms with Crippen LogP contribution in [-0.4, -0.2) is 11.9 Å². The quantitative estimate of drug-likeness (QED) is 0.765. The Bertz CT molecular complexity index is 608. The molecule has 4 heteroatoms. The lowest BCUT2D eigenvalue weighted by Crippen LogP contribution is -2.14. The van der Waals surface area contributed by atoms with Crippen molar-refractivity contribution in [2.75, 3.05) is 6.16 Å². The van der Waals surface area contributed by atoms with E-state index in [0.29, 0.717) is 5.30 Å². The van der Waals surface area contributed by atoms with E-state index in [2.05, 4.69) is 0 Å². The highest BCUT2D eigenvalue weighted by Crippen LogP contribution is 2.46. The largest absolute Gasteiger partial charge is 0.320 e. The fourth-order valence-electron chi connectivity index (χ4n) is 1.91. The summed E-state index contributed by atoms with van der Waals surface area (Å²) in [5.41, 5.74) is 0.937. The molecule has 1 unspecified atom stereocenters. The van der Waals surface area contributed by atoms with Gasteiger partial charge < -0.3 is 4.52 Å². The van der Waals surface area contributed by atoms with Gasteiger partial charge in [-0.3, -0.25) is 9.36 Å². The summed E-state index contributed by atoms with van der Waals surface area (Å²) < 4.78 is 18.6. The summed E-state index contributed by atoms with van der Waals surface area (Å²) in [6.45, 7) is 1.67. The average Bonchev–Trinajstić information content (AvgIpc) is 2.47. The van der Waals surface area contributed by atoms with Gasteiger partial charge in [0.2, 0.25) is 7.37 Å². The van der Waals surface area contributed by atoms with E-state index in [9.17, 15) is 9.36 Å². The molecule has 2 rings (SSSR count). The minimum absolute atomic E-state index is 0.0656. The maximum absolute atomic E-state index is 13.0. The van der Waals surface area contributed by atoms with Crippen molar-refractivity contribution in [1.82, 2.24) is 0 Å². The van der Waals surface area contributed by atoms with Gasteiger partial charge in [-0.2, -0.15) is 0 Å². The Kier molecular flexibility index (Phi) is 4.89. The fraction of sp³-hybridized carbons (Fsp3) is 0.188. The Labute approximate surface area is 119 Å². The molecule has 1 atom stereocenters. The van der Waals surface area contributed by atoms with Gasteiger partial charge in [0.05, 0.1) is 12.8 Å². The molecule has 0 saturated carbocycles. The Hall–Kier alpha value is -1.70. The van der Waals surface area contributed by atoms with Crippen LogP contribution in [0.2, 0.25) is 0 Å². The number of rotatable bonds is 6. The van der Waals surface area contributed by atoms with Crippen molar-refractivity contribution in [3.05, 3.63) is 66.2 Å². The third kappa shape index (κ3) is 3.89. The highest BCUT2D eigenvalue weighted by Gasteiger charge is 2.27. The highest BCUT2D eigenvalue weighted by molar-refractivity contribution is 7.67. The van der Waals surface area contributed by atoms with Crippen LogP contribution < -0.4 is 5.30 Å². The van der Waals surface area contributed by atoms with Crippen LogP contribution in [0.5, 0.6) is 0 Å². The first kappa shape index (κ1) is 14.7. The smallest absolute Gasteiger partial charge is 0.239 e. The third-order valence-electron chi connectivity index (χ3n) is 2.86. The molecule has 0 spiro atoms. The van der Waals surface area contributed by atoms with Gasteiger partial charge in [0.15, 0.2) is 0 Å². The molecule has 0 radical (unpaired) electrons. The Morgan fingerprint density at radius 3 is 2.10 bits per heavy atom.